The first-order chi connectivity index (χ1) is 16.4. The van der Waals surface area contributed by atoms with Crippen molar-refractivity contribution in [3.8, 4) is 10.4 Å². The lowest BCUT2D eigenvalue weighted by Gasteiger charge is -2.28. The third-order valence-electron chi connectivity index (χ3n) is 5.38. The molecule has 2 amide bonds. The molecule has 1 aliphatic rings. The van der Waals surface area contributed by atoms with Crippen molar-refractivity contribution in [2.24, 2.45) is 4.36 Å². The molecule has 0 aliphatic heterocycles. The smallest absolute Gasteiger partial charge is 0.407 e. The number of hydrogen-bond donors (Lipinski definition) is 2. The third-order valence-corrected chi connectivity index (χ3v) is 8.00. The number of rotatable bonds is 6. The molecule has 2 N–H and O–H groups in total. The normalized spacial score (nSPS) is 19.4. The van der Waals surface area contributed by atoms with Crippen LogP contribution >= 0.6 is 11.3 Å². The Kier molecular flexibility index (Phi) is 8.93. The predicted octanol–water partition coefficient (Wildman–Crippen LogP) is 6.23. The first-order valence-corrected chi connectivity index (χ1v) is 13.8. The molecule has 35 heavy (non-hydrogen) atoms. The van der Waals surface area contributed by atoms with E-state index in [1.165, 1.54) is 6.92 Å². The van der Waals surface area contributed by atoms with Crippen LogP contribution in [0, 0.1) is 0 Å². The minimum absolute atomic E-state index is 0.117. The van der Waals surface area contributed by atoms with Crippen molar-refractivity contribution in [2.45, 2.75) is 95.7 Å². The summed E-state index contributed by atoms with van der Waals surface area (Å²) in [4.78, 5) is 29.6. The summed E-state index contributed by atoms with van der Waals surface area (Å²) in [5.74, 6) is 0.129. The third kappa shape index (κ3) is 8.03. The van der Waals surface area contributed by atoms with E-state index in [9.17, 15) is 13.8 Å². The number of nitrogens with zero attached hydrogens (tertiary/aromatic N) is 2. The fourth-order valence-electron chi connectivity index (χ4n) is 3.95. The first kappa shape index (κ1) is 27.1. The predicted molar refractivity (Wildman–Crippen MR) is 140 cm³/mol. The quantitative estimate of drug-likeness (QED) is 0.439. The molecule has 1 saturated carbocycles. The van der Waals surface area contributed by atoms with Crippen molar-refractivity contribution in [1.29, 1.82) is 0 Å². The first-order valence-electron chi connectivity index (χ1n) is 11.9. The lowest BCUT2D eigenvalue weighted by Crippen LogP contribution is -2.38. The maximum absolute atomic E-state index is 13.2. The Morgan fingerprint density at radius 2 is 1.89 bits per heavy atom. The molecular formula is C25H35N4O4S2-. The van der Waals surface area contributed by atoms with Crippen molar-refractivity contribution in [3.05, 3.63) is 29.4 Å². The highest BCUT2D eigenvalue weighted by Crippen LogP contribution is 2.39. The monoisotopic (exact) mass is 519 g/mol. The van der Waals surface area contributed by atoms with E-state index in [0.717, 1.165) is 41.1 Å². The maximum Gasteiger partial charge on any atom is 0.407 e. The van der Waals surface area contributed by atoms with E-state index in [4.69, 9.17) is 9.72 Å². The van der Waals surface area contributed by atoms with Crippen LogP contribution in [0.4, 0.5) is 10.5 Å². The van der Waals surface area contributed by atoms with Gasteiger partial charge < -0.3 is 23.9 Å². The van der Waals surface area contributed by atoms with Crippen LogP contribution in [-0.4, -0.2) is 34.7 Å². The molecule has 0 radical (unpaired) electrons. The SMILES string of the molecule is CC(=O)Nc1ccc(-c2cnc(C3CCC(NC(=O)OC(C)C)CC3)s2)c([S-](=O)=NC(C)(C)C)c1. The van der Waals surface area contributed by atoms with Crippen molar-refractivity contribution >= 4 is 39.6 Å². The van der Waals surface area contributed by atoms with E-state index in [-0.39, 0.29) is 24.1 Å². The molecule has 1 aromatic carbocycles. The van der Waals surface area contributed by atoms with E-state index in [0.29, 0.717) is 16.5 Å². The van der Waals surface area contributed by atoms with Crippen LogP contribution in [0.5, 0.6) is 0 Å². The van der Waals surface area contributed by atoms with Crippen molar-refractivity contribution in [2.75, 3.05) is 5.32 Å². The summed E-state index contributed by atoms with van der Waals surface area (Å²) < 4.78 is 22.8. The molecule has 0 spiro atoms. The van der Waals surface area contributed by atoms with E-state index in [1.54, 1.807) is 23.5 Å². The number of ether oxygens (including phenoxy) is 1. The minimum atomic E-state index is -1.60. The van der Waals surface area contributed by atoms with Crippen molar-refractivity contribution in [3.63, 3.8) is 0 Å². The number of thiazole rings is 1. The van der Waals surface area contributed by atoms with Crippen LogP contribution in [-0.2, 0) is 24.3 Å². The molecule has 0 atom stereocenters. The van der Waals surface area contributed by atoms with Crippen LogP contribution in [0.15, 0.2) is 33.7 Å². The highest BCUT2D eigenvalue weighted by atomic mass is 32.2. The molecular weight excluding hydrogens is 484 g/mol. The van der Waals surface area contributed by atoms with Gasteiger partial charge in [0.1, 0.15) is 0 Å². The van der Waals surface area contributed by atoms with Gasteiger partial charge >= 0.3 is 6.09 Å². The van der Waals surface area contributed by atoms with E-state index in [2.05, 4.69) is 15.0 Å². The van der Waals surface area contributed by atoms with Gasteiger partial charge in [-0.3, -0.25) is 4.79 Å². The number of anilines is 1. The molecule has 0 bridgehead atoms. The minimum Gasteiger partial charge on any atom is -0.447 e. The number of nitrogens with one attached hydrogen (secondary N) is 2. The Morgan fingerprint density at radius 3 is 2.49 bits per heavy atom. The number of amides is 2. The van der Waals surface area contributed by atoms with Gasteiger partial charge in [-0.1, -0.05) is 17.0 Å². The molecule has 1 heterocycles. The van der Waals surface area contributed by atoms with Crippen molar-refractivity contribution in [1.82, 2.24) is 10.3 Å². The molecule has 2 aromatic rings. The summed E-state index contributed by atoms with van der Waals surface area (Å²) in [7, 11) is -1.60. The van der Waals surface area contributed by atoms with Crippen LogP contribution in [0.25, 0.3) is 10.4 Å². The van der Waals surface area contributed by atoms with Gasteiger partial charge in [-0.2, -0.15) is 10.6 Å². The van der Waals surface area contributed by atoms with E-state index < -0.39 is 16.1 Å². The Labute approximate surface area is 213 Å². The van der Waals surface area contributed by atoms with Gasteiger partial charge in [-0.05, 0) is 71.9 Å². The number of carbonyl (C=O) groups is 2. The van der Waals surface area contributed by atoms with Gasteiger partial charge in [-0.15, -0.1) is 11.3 Å². The van der Waals surface area contributed by atoms with Gasteiger partial charge in [0.05, 0.1) is 16.0 Å². The molecule has 0 unspecified atom stereocenters. The summed E-state index contributed by atoms with van der Waals surface area (Å²) in [6.07, 6.45) is 4.94. The number of hydrogen-bond acceptors (Lipinski definition) is 8. The second-order valence-electron chi connectivity index (χ2n) is 10.1. The fourth-order valence-corrected chi connectivity index (χ4v) is 6.33. The maximum atomic E-state index is 13.2. The number of aromatic nitrogens is 1. The lowest BCUT2D eigenvalue weighted by molar-refractivity contribution is -0.114. The summed E-state index contributed by atoms with van der Waals surface area (Å²) in [5.41, 5.74) is 0.917. The molecule has 1 fully saturated rings. The zero-order chi connectivity index (χ0) is 25.8. The molecule has 192 valence electrons. The van der Waals surface area contributed by atoms with Gasteiger partial charge in [0.2, 0.25) is 5.91 Å². The van der Waals surface area contributed by atoms with Crippen LogP contribution < -0.4 is 10.6 Å². The number of carbonyl (C=O) groups excluding carboxylic acids is 2. The molecule has 10 heteroatoms. The molecule has 8 nitrogen and oxygen atoms in total. The Bertz CT molecular complexity index is 1140. The molecule has 0 saturated heterocycles. The van der Waals surface area contributed by atoms with Crippen molar-refractivity contribution < 1.29 is 18.5 Å². The summed E-state index contributed by atoms with van der Waals surface area (Å²) in [6.45, 7) is 10.8. The van der Waals surface area contributed by atoms with E-state index in [1.807, 2.05) is 46.9 Å². The summed E-state index contributed by atoms with van der Waals surface area (Å²) in [6, 6.07) is 5.52. The zero-order valence-corrected chi connectivity index (χ0v) is 22.8. The van der Waals surface area contributed by atoms with Gasteiger partial charge in [0.15, 0.2) is 0 Å². The molecule has 1 aromatic heterocycles. The zero-order valence-electron chi connectivity index (χ0n) is 21.2. The van der Waals surface area contributed by atoms with Gasteiger partial charge in [0.25, 0.3) is 0 Å². The highest BCUT2D eigenvalue weighted by molar-refractivity contribution is 7.75. The summed E-state index contributed by atoms with van der Waals surface area (Å²) in [5, 5.41) is 6.76. The van der Waals surface area contributed by atoms with E-state index >= 15 is 0 Å². The second-order valence-corrected chi connectivity index (χ2v) is 12.3. The van der Waals surface area contributed by atoms with Crippen LogP contribution in [0.2, 0.25) is 0 Å². The second kappa shape index (κ2) is 11.5. The highest BCUT2D eigenvalue weighted by Gasteiger charge is 2.26. The van der Waals surface area contributed by atoms with Crippen LogP contribution in [0.3, 0.4) is 0 Å². The summed E-state index contributed by atoms with van der Waals surface area (Å²) >= 11 is 1.60. The Balaban J connectivity index is 1.79. The topological polar surface area (TPSA) is 110 Å². The fraction of sp³-hybridized carbons (Fsp3) is 0.560. The number of alkyl carbamates (subject to hydrolysis) is 1. The van der Waals surface area contributed by atoms with Gasteiger partial charge in [-0.25, -0.2) is 9.78 Å². The average molecular weight is 520 g/mol. The Morgan fingerprint density at radius 1 is 1.20 bits per heavy atom. The standard InChI is InChI=1S/C25H35N4O4S2/c1-15(2)33-24(31)28-18-9-7-17(8-10-18)23-26-14-21(34-23)20-12-11-19(27-16(3)30)13-22(20)35(32)29-25(4,5)6/h11-15,17-18H,7-10H2,1-6H3,(H,27,30)(H,28,31)/q-1. The number of benzene rings is 1. The van der Waals surface area contributed by atoms with Crippen LogP contribution in [0.1, 0.15) is 78.2 Å². The Hall–Kier alpha value is -2.46. The molecule has 3 rings (SSSR count). The average Bonchev–Trinajstić information content (AvgIpc) is 3.22. The largest absolute Gasteiger partial charge is 0.447 e. The van der Waals surface area contributed by atoms with Gasteiger partial charge in [0, 0.05) is 36.3 Å². The molecule has 1 aliphatic carbocycles. The lowest BCUT2D eigenvalue weighted by atomic mass is 9.86.